The smallest absolute Gasteiger partial charge is 0.257 e. The summed E-state index contributed by atoms with van der Waals surface area (Å²) in [5.74, 6) is -0.804. The molecule has 0 saturated heterocycles. The summed E-state index contributed by atoms with van der Waals surface area (Å²) < 4.78 is 13.2. The molecule has 1 heterocycles. The molecule has 116 valence electrons. The van der Waals surface area contributed by atoms with E-state index >= 15 is 0 Å². The molecule has 2 aromatic carbocycles. The molecule has 0 bridgehead atoms. The van der Waals surface area contributed by atoms with Crippen LogP contribution in [0.5, 0.6) is 0 Å². The predicted molar refractivity (Wildman–Crippen MR) is 91.4 cm³/mol. The van der Waals surface area contributed by atoms with Gasteiger partial charge in [0.05, 0.1) is 5.69 Å². The first-order valence-electron chi connectivity index (χ1n) is 7.14. The van der Waals surface area contributed by atoms with Gasteiger partial charge in [0.15, 0.2) is 5.13 Å². The van der Waals surface area contributed by atoms with Gasteiger partial charge >= 0.3 is 0 Å². The van der Waals surface area contributed by atoms with Crippen LogP contribution in [0.15, 0.2) is 48.5 Å². The first-order chi connectivity index (χ1) is 11.0. The standard InChI is InChI=1S/C18H15FN2OS/c1-11-6-8-13(9-7-11)16-12(2)23-18(20-16)21-17(22)14-4-3-5-15(19)10-14/h3-10H,1-2H3,(H,20,21,22). The maximum atomic E-state index is 13.2. The number of hydrogen-bond acceptors (Lipinski definition) is 3. The van der Waals surface area contributed by atoms with Gasteiger partial charge < -0.3 is 0 Å². The third-order valence-electron chi connectivity index (χ3n) is 3.43. The van der Waals surface area contributed by atoms with Crippen LogP contribution in [0.4, 0.5) is 9.52 Å². The van der Waals surface area contributed by atoms with Gasteiger partial charge in [0, 0.05) is 16.0 Å². The van der Waals surface area contributed by atoms with Crippen LogP contribution in [-0.2, 0) is 0 Å². The number of benzene rings is 2. The summed E-state index contributed by atoms with van der Waals surface area (Å²) in [5, 5.41) is 3.24. The van der Waals surface area contributed by atoms with Crippen molar-refractivity contribution in [1.82, 2.24) is 4.98 Å². The van der Waals surface area contributed by atoms with Gasteiger partial charge in [-0.05, 0) is 32.0 Å². The molecule has 0 spiro atoms. The van der Waals surface area contributed by atoms with Gasteiger partial charge in [-0.1, -0.05) is 35.9 Å². The molecule has 1 N–H and O–H groups in total. The van der Waals surface area contributed by atoms with Gasteiger partial charge in [0.25, 0.3) is 5.91 Å². The minimum absolute atomic E-state index is 0.273. The third kappa shape index (κ3) is 3.46. The molecular formula is C18H15FN2OS. The number of nitrogens with one attached hydrogen (secondary N) is 1. The molecule has 0 aliphatic carbocycles. The summed E-state index contributed by atoms with van der Waals surface area (Å²) in [4.78, 5) is 17.7. The SMILES string of the molecule is Cc1ccc(-c2nc(NC(=O)c3cccc(F)c3)sc2C)cc1. The maximum Gasteiger partial charge on any atom is 0.257 e. The van der Waals surface area contributed by atoms with Crippen molar-refractivity contribution in [2.75, 3.05) is 5.32 Å². The summed E-state index contributed by atoms with van der Waals surface area (Å²) in [6.07, 6.45) is 0. The second-order valence-corrected chi connectivity index (χ2v) is 6.46. The van der Waals surface area contributed by atoms with Crippen molar-refractivity contribution in [1.29, 1.82) is 0 Å². The fourth-order valence-electron chi connectivity index (χ4n) is 2.23. The van der Waals surface area contributed by atoms with Crippen LogP contribution < -0.4 is 5.32 Å². The zero-order chi connectivity index (χ0) is 16.4. The Kier molecular flexibility index (Phi) is 4.21. The predicted octanol–water partition coefficient (Wildman–Crippen LogP) is 4.82. The highest BCUT2D eigenvalue weighted by Crippen LogP contribution is 2.30. The van der Waals surface area contributed by atoms with Crippen LogP contribution in [0.3, 0.4) is 0 Å². The Bertz CT molecular complexity index is 856. The van der Waals surface area contributed by atoms with Crippen molar-refractivity contribution in [3.63, 3.8) is 0 Å². The van der Waals surface area contributed by atoms with E-state index in [0.29, 0.717) is 5.13 Å². The Labute approximate surface area is 137 Å². The van der Waals surface area contributed by atoms with E-state index in [9.17, 15) is 9.18 Å². The van der Waals surface area contributed by atoms with Crippen LogP contribution in [0.2, 0.25) is 0 Å². The molecule has 0 aliphatic rings. The summed E-state index contributed by atoms with van der Waals surface area (Å²) >= 11 is 1.40. The van der Waals surface area contributed by atoms with Gasteiger partial charge in [-0.25, -0.2) is 9.37 Å². The number of nitrogens with zero attached hydrogens (tertiary/aromatic N) is 1. The van der Waals surface area contributed by atoms with E-state index in [4.69, 9.17) is 0 Å². The first kappa shape index (κ1) is 15.4. The van der Waals surface area contributed by atoms with Gasteiger partial charge in [0.1, 0.15) is 5.82 Å². The number of carbonyl (C=O) groups is 1. The number of anilines is 1. The third-order valence-corrected chi connectivity index (χ3v) is 4.32. The number of halogens is 1. The number of thiazole rings is 1. The Morgan fingerprint density at radius 1 is 1.13 bits per heavy atom. The minimum Gasteiger partial charge on any atom is -0.298 e. The van der Waals surface area contributed by atoms with Crippen molar-refractivity contribution >= 4 is 22.4 Å². The van der Waals surface area contributed by atoms with Crippen LogP contribution >= 0.6 is 11.3 Å². The minimum atomic E-state index is -0.437. The number of hydrogen-bond donors (Lipinski definition) is 1. The molecule has 3 aromatic rings. The average Bonchev–Trinajstić information content (AvgIpc) is 2.88. The van der Waals surface area contributed by atoms with Crippen molar-refractivity contribution in [3.05, 3.63) is 70.4 Å². The summed E-state index contributed by atoms with van der Waals surface area (Å²) in [6.45, 7) is 3.99. The van der Waals surface area contributed by atoms with Crippen molar-refractivity contribution in [2.45, 2.75) is 13.8 Å². The number of aromatic nitrogens is 1. The van der Waals surface area contributed by atoms with E-state index in [0.717, 1.165) is 16.1 Å². The molecule has 0 fully saturated rings. The van der Waals surface area contributed by atoms with Gasteiger partial charge in [0.2, 0.25) is 0 Å². The Hall–Kier alpha value is -2.53. The summed E-state index contributed by atoms with van der Waals surface area (Å²) in [7, 11) is 0. The molecule has 0 atom stereocenters. The quantitative estimate of drug-likeness (QED) is 0.750. The number of carbonyl (C=O) groups excluding carboxylic acids is 1. The molecule has 0 saturated carbocycles. The van der Waals surface area contributed by atoms with Crippen LogP contribution in [0, 0.1) is 19.7 Å². The Morgan fingerprint density at radius 3 is 2.57 bits per heavy atom. The van der Waals surface area contributed by atoms with Crippen molar-refractivity contribution < 1.29 is 9.18 Å². The number of amides is 1. The van der Waals surface area contributed by atoms with Crippen molar-refractivity contribution in [2.24, 2.45) is 0 Å². The molecule has 3 nitrogen and oxygen atoms in total. The van der Waals surface area contributed by atoms with Crippen LogP contribution in [0.1, 0.15) is 20.8 Å². The lowest BCUT2D eigenvalue weighted by molar-refractivity contribution is 0.102. The highest BCUT2D eigenvalue weighted by molar-refractivity contribution is 7.16. The Morgan fingerprint density at radius 2 is 1.87 bits per heavy atom. The zero-order valence-corrected chi connectivity index (χ0v) is 13.6. The lowest BCUT2D eigenvalue weighted by Crippen LogP contribution is -2.11. The lowest BCUT2D eigenvalue weighted by Gasteiger charge is -2.01. The second-order valence-electron chi connectivity index (χ2n) is 5.25. The van der Waals surface area contributed by atoms with Gasteiger partial charge in [-0.2, -0.15) is 0 Å². The fraction of sp³-hybridized carbons (Fsp3) is 0.111. The highest BCUT2D eigenvalue weighted by atomic mass is 32.1. The summed E-state index contributed by atoms with van der Waals surface area (Å²) in [5.41, 5.74) is 3.32. The molecule has 5 heteroatoms. The van der Waals surface area contributed by atoms with E-state index in [1.807, 2.05) is 38.1 Å². The average molecular weight is 326 g/mol. The fourth-order valence-corrected chi connectivity index (χ4v) is 3.06. The molecule has 23 heavy (non-hydrogen) atoms. The molecular weight excluding hydrogens is 311 g/mol. The van der Waals surface area contributed by atoms with E-state index in [-0.39, 0.29) is 11.5 Å². The monoisotopic (exact) mass is 326 g/mol. The topological polar surface area (TPSA) is 42.0 Å². The van der Waals surface area contributed by atoms with E-state index in [2.05, 4.69) is 10.3 Å². The molecule has 0 aliphatic heterocycles. The molecule has 1 amide bonds. The molecule has 3 rings (SSSR count). The van der Waals surface area contributed by atoms with Crippen LogP contribution in [-0.4, -0.2) is 10.9 Å². The first-order valence-corrected chi connectivity index (χ1v) is 7.96. The normalized spacial score (nSPS) is 10.6. The molecule has 0 radical (unpaired) electrons. The zero-order valence-electron chi connectivity index (χ0n) is 12.8. The van der Waals surface area contributed by atoms with Crippen molar-refractivity contribution in [3.8, 4) is 11.3 Å². The second kappa shape index (κ2) is 6.30. The maximum absolute atomic E-state index is 13.2. The van der Waals surface area contributed by atoms with E-state index < -0.39 is 5.82 Å². The van der Waals surface area contributed by atoms with E-state index in [1.165, 1.54) is 35.1 Å². The lowest BCUT2D eigenvalue weighted by atomic mass is 10.1. The number of aryl methyl sites for hydroxylation is 2. The van der Waals surface area contributed by atoms with Gasteiger partial charge in [-0.15, -0.1) is 11.3 Å². The Balaban J connectivity index is 1.83. The summed E-state index contributed by atoms with van der Waals surface area (Å²) in [6, 6.07) is 13.7. The van der Waals surface area contributed by atoms with Crippen LogP contribution in [0.25, 0.3) is 11.3 Å². The largest absolute Gasteiger partial charge is 0.298 e. The highest BCUT2D eigenvalue weighted by Gasteiger charge is 2.13. The van der Waals surface area contributed by atoms with E-state index in [1.54, 1.807) is 6.07 Å². The van der Waals surface area contributed by atoms with Gasteiger partial charge in [-0.3, -0.25) is 10.1 Å². The number of rotatable bonds is 3. The molecule has 0 unspecified atom stereocenters. The molecule has 1 aromatic heterocycles.